The minimum absolute atomic E-state index is 0.102. The minimum Gasteiger partial charge on any atom is -0.481 e. The maximum Gasteiger partial charge on any atom is 0.307 e. The van der Waals surface area contributed by atoms with E-state index in [9.17, 15) is 9.59 Å². The Morgan fingerprint density at radius 2 is 1.89 bits per heavy atom. The summed E-state index contributed by atoms with van der Waals surface area (Å²) in [5, 5.41) is 9.07. The fourth-order valence-electron chi connectivity index (χ4n) is 3.26. The Kier molecular flexibility index (Phi) is 4.48. The molecule has 19 heavy (non-hydrogen) atoms. The summed E-state index contributed by atoms with van der Waals surface area (Å²) in [4.78, 5) is 25.5. The third-order valence-corrected chi connectivity index (χ3v) is 4.65. The highest BCUT2D eigenvalue weighted by atomic mass is 16.4. The molecule has 0 aromatic carbocycles. The first kappa shape index (κ1) is 14.4. The molecule has 0 radical (unpaired) electrons. The summed E-state index contributed by atoms with van der Waals surface area (Å²) in [5.41, 5.74) is 0. The van der Waals surface area contributed by atoms with Crippen LogP contribution in [-0.4, -0.2) is 34.5 Å². The van der Waals surface area contributed by atoms with Crippen molar-refractivity contribution in [2.24, 2.45) is 17.8 Å². The Labute approximate surface area is 115 Å². The molecular weight excluding hydrogens is 242 g/mol. The van der Waals surface area contributed by atoms with E-state index in [4.69, 9.17) is 5.11 Å². The van der Waals surface area contributed by atoms with Crippen molar-refractivity contribution in [3.05, 3.63) is 0 Å². The van der Waals surface area contributed by atoms with E-state index in [1.165, 1.54) is 0 Å². The third-order valence-electron chi connectivity index (χ3n) is 4.65. The highest BCUT2D eigenvalue weighted by Crippen LogP contribution is 2.38. The van der Waals surface area contributed by atoms with Crippen LogP contribution in [0, 0.1) is 17.8 Å². The second kappa shape index (κ2) is 5.93. The largest absolute Gasteiger partial charge is 0.481 e. The highest BCUT2D eigenvalue weighted by molar-refractivity contribution is 5.86. The maximum atomic E-state index is 12.5. The summed E-state index contributed by atoms with van der Waals surface area (Å²) in [6.07, 6.45) is 5.77. The van der Waals surface area contributed by atoms with Crippen LogP contribution < -0.4 is 0 Å². The molecule has 3 atom stereocenters. The molecule has 4 nitrogen and oxygen atoms in total. The number of hydrogen-bond donors (Lipinski definition) is 1. The summed E-state index contributed by atoms with van der Waals surface area (Å²) >= 11 is 0. The SMILES string of the molecule is CC(C)CCC1CCCN1C(=O)C1CCC1C(=O)O. The standard InChI is InChI=1S/C15H25NO3/c1-10(2)5-6-11-4-3-9-16(11)14(17)12-7-8-13(12)15(18)19/h10-13H,3-9H2,1-2H3,(H,18,19). The van der Waals surface area contributed by atoms with Gasteiger partial charge in [0.1, 0.15) is 0 Å². The van der Waals surface area contributed by atoms with Crippen LogP contribution in [0.5, 0.6) is 0 Å². The number of nitrogens with zero attached hydrogens (tertiary/aromatic N) is 1. The van der Waals surface area contributed by atoms with E-state index in [-0.39, 0.29) is 11.8 Å². The molecule has 1 amide bonds. The number of carboxylic acid groups (broad SMARTS) is 1. The molecule has 2 fully saturated rings. The molecule has 0 aromatic heterocycles. The average Bonchev–Trinajstić information content (AvgIpc) is 2.71. The lowest BCUT2D eigenvalue weighted by atomic mass is 9.73. The normalized spacial score (nSPS) is 30.5. The Bertz CT molecular complexity index is 353. The summed E-state index contributed by atoms with van der Waals surface area (Å²) in [6.45, 7) is 5.23. The van der Waals surface area contributed by atoms with E-state index < -0.39 is 11.9 Å². The lowest BCUT2D eigenvalue weighted by molar-refractivity contribution is -0.157. The van der Waals surface area contributed by atoms with Crippen molar-refractivity contribution in [3.63, 3.8) is 0 Å². The number of rotatable bonds is 5. The molecule has 0 bridgehead atoms. The lowest BCUT2D eigenvalue weighted by Crippen LogP contribution is -2.47. The number of aliphatic carboxylic acids is 1. The first-order valence-electron chi connectivity index (χ1n) is 7.54. The van der Waals surface area contributed by atoms with Crippen LogP contribution in [-0.2, 0) is 9.59 Å². The summed E-state index contributed by atoms with van der Waals surface area (Å²) in [5.74, 6) is -0.726. The van der Waals surface area contributed by atoms with Crippen molar-refractivity contribution in [1.82, 2.24) is 4.90 Å². The summed E-state index contributed by atoms with van der Waals surface area (Å²) < 4.78 is 0. The van der Waals surface area contributed by atoms with Crippen LogP contribution in [0.15, 0.2) is 0 Å². The second-order valence-corrected chi connectivity index (χ2v) is 6.43. The number of carboxylic acids is 1. The van der Waals surface area contributed by atoms with Crippen LogP contribution >= 0.6 is 0 Å². The maximum absolute atomic E-state index is 12.5. The van der Waals surface area contributed by atoms with Gasteiger partial charge in [0.15, 0.2) is 0 Å². The van der Waals surface area contributed by atoms with Crippen LogP contribution in [0.1, 0.15) is 52.4 Å². The van der Waals surface area contributed by atoms with Crippen molar-refractivity contribution in [3.8, 4) is 0 Å². The first-order chi connectivity index (χ1) is 9.00. The van der Waals surface area contributed by atoms with Gasteiger partial charge in [-0.15, -0.1) is 0 Å². The average molecular weight is 267 g/mol. The van der Waals surface area contributed by atoms with Gasteiger partial charge < -0.3 is 10.0 Å². The number of amides is 1. The summed E-state index contributed by atoms with van der Waals surface area (Å²) in [6, 6.07) is 0.352. The predicted octanol–water partition coefficient (Wildman–Crippen LogP) is 2.52. The highest BCUT2D eigenvalue weighted by Gasteiger charge is 2.45. The van der Waals surface area contributed by atoms with Crippen molar-refractivity contribution in [2.45, 2.75) is 58.4 Å². The number of hydrogen-bond acceptors (Lipinski definition) is 2. The van der Waals surface area contributed by atoms with Gasteiger partial charge >= 0.3 is 5.97 Å². The monoisotopic (exact) mass is 267 g/mol. The van der Waals surface area contributed by atoms with Crippen LogP contribution in [0.4, 0.5) is 0 Å². The van der Waals surface area contributed by atoms with Gasteiger partial charge in [0, 0.05) is 12.6 Å². The summed E-state index contributed by atoms with van der Waals surface area (Å²) in [7, 11) is 0. The van der Waals surface area contributed by atoms with E-state index in [1.807, 2.05) is 4.90 Å². The van der Waals surface area contributed by atoms with Crippen molar-refractivity contribution in [1.29, 1.82) is 0 Å². The van der Waals surface area contributed by atoms with E-state index >= 15 is 0 Å². The van der Waals surface area contributed by atoms with E-state index in [0.29, 0.717) is 18.4 Å². The topological polar surface area (TPSA) is 57.6 Å². The van der Waals surface area contributed by atoms with Crippen LogP contribution in [0.25, 0.3) is 0 Å². The zero-order chi connectivity index (χ0) is 14.0. The molecular formula is C15H25NO3. The van der Waals surface area contributed by atoms with Gasteiger partial charge in [0.05, 0.1) is 11.8 Å². The lowest BCUT2D eigenvalue weighted by Gasteiger charge is -2.37. The quantitative estimate of drug-likeness (QED) is 0.832. The Balaban J connectivity index is 1.92. The zero-order valence-corrected chi connectivity index (χ0v) is 12.0. The van der Waals surface area contributed by atoms with Gasteiger partial charge in [-0.2, -0.15) is 0 Å². The Hall–Kier alpha value is -1.06. The first-order valence-corrected chi connectivity index (χ1v) is 7.54. The molecule has 1 saturated heterocycles. The van der Waals surface area contributed by atoms with E-state index in [2.05, 4.69) is 13.8 Å². The fourth-order valence-corrected chi connectivity index (χ4v) is 3.26. The predicted molar refractivity (Wildman–Crippen MR) is 72.7 cm³/mol. The molecule has 0 aromatic rings. The zero-order valence-electron chi connectivity index (χ0n) is 12.0. The van der Waals surface area contributed by atoms with E-state index in [1.54, 1.807) is 0 Å². The molecule has 108 valence electrons. The van der Waals surface area contributed by atoms with Gasteiger partial charge in [-0.05, 0) is 44.4 Å². The van der Waals surface area contributed by atoms with Gasteiger partial charge in [-0.3, -0.25) is 9.59 Å². The molecule has 4 heteroatoms. The van der Waals surface area contributed by atoms with E-state index in [0.717, 1.165) is 38.6 Å². The van der Waals surface area contributed by atoms with Gasteiger partial charge in [0.25, 0.3) is 0 Å². The molecule has 1 saturated carbocycles. The Morgan fingerprint density at radius 3 is 2.42 bits per heavy atom. The molecule has 1 aliphatic heterocycles. The molecule has 1 heterocycles. The Morgan fingerprint density at radius 1 is 1.21 bits per heavy atom. The molecule has 3 unspecified atom stereocenters. The van der Waals surface area contributed by atoms with Crippen LogP contribution in [0.3, 0.4) is 0 Å². The second-order valence-electron chi connectivity index (χ2n) is 6.43. The van der Waals surface area contributed by atoms with Gasteiger partial charge in [-0.1, -0.05) is 13.8 Å². The number of likely N-dealkylation sites (tertiary alicyclic amines) is 1. The van der Waals surface area contributed by atoms with Gasteiger partial charge in [0.2, 0.25) is 5.91 Å². The van der Waals surface area contributed by atoms with Crippen molar-refractivity contribution >= 4 is 11.9 Å². The molecule has 2 rings (SSSR count). The molecule has 0 spiro atoms. The fraction of sp³-hybridized carbons (Fsp3) is 0.867. The van der Waals surface area contributed by atoms with Gasteiger partial charge in [-0.25, -0.2) is 0 Å². The van der Waals surface area contributed by atoms with Crippen molar-refractivity contribution < 1.29 is 14.7 Å². The molecule has 2 aliphatic rings. The smallest absolute Gasteiger partial charge is 0.307 e. The third kappa shape index (κ3) is 3.10. The van der Waals surface area contributed by atoms with Crippen LogP contribution in [0.2, 0.25) is 0 Å². The number of carbonyl (C=O) groups is 2. The molecule has 1 aliphatic carbocycles. The minimum atomic E-state index is -0.803. The van der Waals surface area contributed by atoms with Crippen molar-refractivity contribution in [2.75, 3.05) is 6.54 Å². The molecule has 1 N–H and O–H groups in total. The number of carbonyl (C=O) groups excluding carboxylic acids is 1.